The molecule has 2 aliphatic heterocycles. The number of nitrogens with zero attached hydrogens (tertiary/aromatic N) is 4. The Morgan fingerprint density at radius 1 is 1.13 bits per heavy atom. The van der Waals surface area contributed by atoms with Gasteiger partial charge < -0.3 is 25.8 Å². The number of aryl methyl sites for hydroxylation is 1. The van der Waals surface area contributed by atoms with Crippen LogP contribution in [0.4, 0.5) is 0 Å². The minimum Gasteiger partial charge on any atom is -0.370 e. The topological polar surface area (TPSA) is 153 Å². The number of amides is 3. The molecule has 2 aliphatic rings. The summed E-state index contributed by atoms with van der Waals surface area (Å²) in [5.74, 6) is -1.41. The molecule has 2 saturated heterocycles. The molecule has 2 aromatic carbocycles. The van der Waals surface area contributed by atoms with Gasteiger partial charge in [0.15, 0.2) is 11.0 Å². The van der Waals surface area contributed by atoms with Gasteiger partial charge in [-0.3, -0.25) is 24.6 Å². The average molecular weight is 678 g/mol. The number of halogens is 1. The molecule has 13 heteroatoms. The normalized spacial score (nSPS) is 19.0. The fourth-order valence-corrected chi connectivity index (χ4v) is 7.21. The third kappa shape index (κ3) is 9.17. The fraction of sp³-hybridized carbons (Fsp3) is 0.412. The van der Waals surface area contributed by atoms with E-state index in [0.717, 1.165) is 30.4 Å². The number of hydrogen-bond acceptors (Lipinski definition) is 7. The van der Waals surface area contributed by atoms with Crippen molar-refractivity contribution in [1.29, 1.82) is 5.41 Å². The third-order valence-electron chi connectivity index (χ3n) is 8.71. The van der Waals surface area contributed by atoms with Gasteiger partial charge in [-0.15, -0.1) is 11.3 Å². The van der Waals surface area contributed by atoms with Crippen LogP contribution in [-0.2, 0) is 27.2 Å². The predicted octanol–water partition coefficient (Wildman–Crippen LogP) is 3.37. The van der Waals surface area contributed by atoms with Crippen molar-refractivity contribution in [1.82, 2.24) is 25.0 Å². The molecule has 0 saturated carbocycles. The van der Waals surface area contributed by atoms with Gasteiger partial charge in [0.2, 0.25) is 23.5 Å². The van der Waals surface area contributed by atoms with E-state index in [2.05, 4.69) is 10.3 Å². The number of rotatable bonds is 13. The van der Waals surface area contributed by atoms with E-state index in [1.54, 1.807) is 39.6 Å². The third-order valence-corrected chi connectivity index (χ3v) is 9.73. The summed E-state index contributed by atoms with van der Waals surface area (Å²) < 4.78 is 0. The Hall–Kier alpha value is -4.29. The Bertz CT molecular complexity index is 1570. The number of nitrogens with two attached hydrogens (primary N) is 1. The zero-order valence-electron chi connectivity index (χ0n) is 26.1. The highest BCUT2D eigenvalue weighted by Gasteiger charge is 2.40. The zero-order valence-corrected chi connectivity index (χ0v) is 27.7. The van der Waals surface area contributed by atoms with E-state index in [0.29, 0.717) is 37.5 Å². The predicted molar refractivity (Wildman–Crippen MR) is 181 cm³/mol. The first kappa shape index (κ1) is 34.1. The van der Waals surface area contributed by atoms with Crippen LogP contribution in [0.3, 0.4) is 0 Å². The smallest absolute Gasteiger partial charge is 0.246 e. The van der Waals surface area contributed by atoms with Crippen LogP contribution >= 0.6 is 22.9 Å². The maximum Gasteiger partial charge on any atom is 0.246 e. The number of nitrogens with one attached hydrogen (secondary N) is 2. The molecule has 3 atom stereocenters. The van der Waals surface area contributed by atoms with Gasteiger partial charge in [-0.1, -0.05) is 54.1 Å². The lowest BCUT2D eigenvalue weighted by Gasteiger charge is -2.40. The number of aromatic nitrogens is 1. The summed E-state index contributed by atoms with van der Waals surface area (Å²) in [5, 5.41) is 13.2. The number of piperidine rings is 1. The Morgan fingerprint density at radius 3 is 2.64 bits per heavy atom. The lowest BCUT2D eigenvalue weighted by atomic mass is 9.90. The fourth-order valence-electron chi connectivity index (χ4n) is 6.37. The standard InChI is InChI=1S/C34H40ClN7O4S/c35-26-12-4-9-24(17-26)19-28-33(46)40(14-5-10-23-7-2-1-3-8-23)22-30(44)42(28)21-29(43)39-27(31(45)32-38-13-16-47-32)18-25-11-6-15-41(20-25)34(36)37/h1-4,7-9,12-13,16-17,25,27-28H,5-6,10-11,14-15,18-22H2,(H3,36,37)(H,39,43)/t25?,27-,28+/m0/s1. The van der Waals surface area contributed by atoms with E-state index in [4.69, 9.17) is 22.7 Å². The molecule has 0 bridgehead atoms. The first-order valence-corrected chi connectivity index (χ1v) is 17.1. The summed E-state index contributed by atoms with van der Waals surface area (Å²) in [5.41, 5.74) is 7.66. The van der Waals surface area contributed by atoms with Crippen molar-refractivity contribution in [3.8, 4) is 0 Å². The second-order valence-electron chi connectivity index (χ2n) is 12.1. The number of thiazole rings is 1. The number of likely N-dealkylation sites (tertiary alicyclic amines) is 1. The second kappa shape index (κ2) is 16.0. The summed E-state index contributed by atoms with van der Waals surface area (Å²) in [4.78, 5) is 63.5. The van der Waals surface area contributed by atoms with Gasteiger partial charge in [-0.25, -0.2) is 4.98 Å². The van der Waals surface area contributed by atoms with Crippen molar-refractivity contribution in [2.45, 2.75) is 50.6 Å². The van der Waals surface area contributed by atoms with Crippen molar-refractivity contribution >= 4 is 52.4 Å². The van der Waals surface area contributed by atoms with E-state index in [1.807, 2.05) is 36.4 Å². The largest absolute Gasteiger partial charge is 0.370 e. The van der Waals surface area contributed by atoms with Gasteiger partial charge in [0.05, 0.1) is 12.6 Å². The summed E-state index contributed by atoms with van der Waals surface area (Å²) in [7, 11) is 0. The second-order valence-corrected chi connectivity index (χ2v) is 13.4. The van der Waals surface area contributed by atoms with Crippen LogP contribution in [0, 0.1) is 11.3 Å². The van der Waals surface area contributed by atoms with Crippen molar-refractivity contribution < 1.29 is 19.2 Å². The van der Waals surface area contributed by atoms with Crippen LogP contribution in [0.2, 0.25) is 5.02 Å². The number of carbonyl (C=O) groups excluding carboxylic acids is 4. The monoisotopic (exact) mass is 677 g/mol. The molecule has 2 fully saturated rings. The number of carbonyl (C=O) groups is 4. The average Bonchev–Trinajstić information content (AvgIpc) is 3.60. The summed E-state index contributed by atoms with van der Waals surface area (Å²) in [6, 6.07) is 15.3. The van der Waals surface area contributed by atoms with Gasteiger partial charge in [0.25, 0.3) is 0 Å². The first-order valence-electron chi connectivity index (χ1n) is 15.9. The molecule has 3 heterocycles. The van der Waals surface area contributed by atoms with Crippen LogP contribution in [0.1, 0.15) is 46.6 Å². The zero-order chi connectivity index (χ0) is 33.3. The van der Waals surface area contributed by atoms with Gasteiger partial charge in [0.1, 0.15) is 12.6 Å². The van der Waals surface area contributed by atoms with Crippen LogP contribution in [-0.4, -0.2) is 94.0 Å². The Labute approximate surface area is 283 Å². The molecular formula is C34H40ClN7O4S. The molecule has 1 unspecified atom stereocenters. The number of ketones is 1. The molecular weight excluding hydrogens is 638 g/mol. The van der Waals surface area contributed by atoms with Gasteiger partial charge >= 0.3 is 0 Å². The lowest BCUT2D eigenvalue weighted by molar-refractivity contribution is -0.157. The minimum atomic E-state index is -0.909. The maximum absolute atomic E-state index is 13.9. The highest BCUT2D eigenvalue weighted by molar-refractivity contribution is 7.11. The van der Waals surface area contributed by atoms with Crippen LogP contribution < -0.4 is 11.1 Å². The molecule has 11 nitrogen and oxygen atoms in total. The number of piperazine rings is 1. The Morgan fingerprint density at radius 2 is 1.91 bits per heavy atom. The summed E-state index contributed by atoms with van der Waals surface area (Å²) >= 11 is 7.44. The molecule has 0 spiro atoms. The van der Waals surface area contributed by atoms with E-state index in [-0.39, 0.29) is 54.0 Å². The van der Waals surface area contributed by atoms with Crippen molar-refractivity contribution in [2.24, 2.45) is 11.7 Å². The summed E-state index contributed by atoms with van der Waals surface area (Å²) in [6.45, 7) is 1.09. The van der Waals surface area contributed by atoms with E-state index in [9.17, 15) is 19.2 Å². The molecule has 4 N–H and O–H groups in total. The molecule has 1 aromatic heterocycles. The molecule has 0 aliphatic carbocycles. The maximum atomic E-state index is 13.9. The number of guanidine groups is 1. The lowest BCUT2D eigenvalue weighted by Crippen LogP contribution is -2.62. The number of benzene rings is 2. The quantitative estimate of drug-likeness (QED) is 0.142. The van der Waals surface area contributed by atoms with Crippen LogP contribution in [0.25, 0.3) is 0 Å². The van der Waals surface area contributed by atoms with Crippen molar-refractivity contribution in [2.75, 3.05) is 32.7 Å². The van der Waals surface area contributed by atoms with Crippen LogP contribution in [0.5, 0.6) is 0 Å². The van der Waals surface area contributed by atoms with Gasteiger partial charge in [0, 0.05) is 42.7 Å². The SMILES string of the molecule is N=C(N)N1CCCC(C[C@H](NC(=O)CN2C(=O)CN(CCCc3ccccc3)C(=O)[C@H]2Cc2cccc(Cl)c2)C(=O)c2nccs2)C1. The highest BCUT2D eigenvalue weighted by Crippen LogP contribution is 2.24. The highest BCUT2D eigenvalue weighted by atomic mass is 35.5. The van der Waals surface area contributed by atoms with E-state index < -0.39 is 18.0 Å². The van der Waals surface area contributed by atoms with Crippen molar-refractivity contribution in [3.05, 3.63) is 87.3 Å². The molecule has 47 heavy (non-hydrogen) atoms. The van der Waals surface area contributed by atoms with E-state index >= 15 is 0 Å². The molecule has 248 valence electrons. The molecule has 0 radical (unpaired) electrons. The minimum absolute atomic E-state index is 0.0140. The molecule has 3 aromatic rings. The van der Waals surface area contributed by atoms with Gasteiger partial charge in [-0.05, 0) is 61.3 Å². The van der Waals surface area contributed by atoms with E-state index in [1.165, 1.54) is 16.2 Å². The van der Waals surface area contributed by atoms with Crippen LogP contribution in [0.15, 0.2) is 66.2 Å². The number of Topliss-reactive ketones (excluding diaryl/α,β-unsaturated/α-hetero) is 1. The molecule has 3 amide bonds. The Kier molecular flexibility index (Phi) is 11.6. The Balaban J connectivity index is 1.30. The first-order chi connectivity index (χ1) is 22.7. The van der Waals surface area contributed by atoms with Crippen molar-refractivity contribution in [3.63, 3.8) is 0 Å². The van der Waals surface area contributed by atoms with Gasteiger partial charge in [-0.2, -0.15) is 0 Å². The molecule has 5 rings (SSSR count). The summed E-state index contributed by atoms with van der Waals surface area (Å²) in [6.07, 6.45) is 5.16. The number of hydrogen-bond donors (Lipinski definition) is 3.